The Hall–Kier alpha value is -1.22. The topological polar surface area (TPSA) is 38.3 Å². The van der Waals surface area contributed by atoms with Gasteiger partial charge in [0, 0.05) is 5.38 Å². The van der Waals surface area contributed by atoms with Crippen LogP contribution >= 0.6 is 11.6 Å². The number of ether oxygens (including phenoxy) is 1. The predicted molar refractivity (Wildman–Crippen MR) is 93.1 cm³/mol. The quantitative estimate of drug-likeness (QED) is 0.666. The number of carbonyl (C=O) groups is 1. The van der Waals surface area contributed by atoms with Gasteiger partial charge in [0.2, 0.25) is 5.60 Å². The van der Waals surface area contributed by atoms with Crippen LogP contribution in [0.4, 0.5) is 0 Å². The summed E-state index contributed by atoms with van der Waals surface area (Å²) in [5.41, 5.74) is 1.23. The molecule has 1 heterocycles. The lowest BCUT2D eigenvalue weighted by atomic mass is 9.60. The van der Waals surface area contributed by atoms with Crippen molar-refractivity contribution in [1.82, 2.24) is 5.32 Å². The second-order valence-corrected chi connectivity index (χ2v) is 7.88. The lowest BCUT2D eigenvalue weighted by molar-refractivity contribution is -0.177. The second-order valence-electron chi connectivity index (χ2n) is 7.32. The van der Waals surface area contributed by atoms with Crippen molar-refractivity contribution in [3.05, 3.63) is 29.3 Å². The normalized spacial score (nSPS) is 36.5. The van der Waals surface area contributed by atoms with Crippen LogP contribution in [-0.2, 0) is 4.79 Å². The lowest BCUT2D eigenvalue weighted by Gasteiger charge is -2.60. The zero-order chi connectivity index (χ0) is 16.8. The van der Waals surface area contributed by atoms with Crippen LogP contribution in [0.25, 0.3) is 0 Å². The van der Waals surface area contributed by atoms with E-state index in [1.165, 1.54) is 5.56 Å². The Morgan fingerprint density at radius 2 is 2.13 bits per heavy atom. The van der Waals surface area contributed by atoms with Crippen molar-refractivity contribution < 1.29 is 9.53 Å². The molecule has 4 heteroatoms. The summed E-state index contributed by atoms with van der Waals surface area (Å²) in [4.78, 5) is 12.6. The van der Waals surface area contributed by atoms with E-state index in [1.54, 1.807) is 0 Å². The van der Waals surface area contributed by atoms with Crippen LogP contribution < -0.4 is 10.1 Å². The fraction of sp³-hybridized carbons (Fsp3) is 0.632. The van der Waals surface area contributed by atoms with E-state index in [9.17, 15) is 4.79 Å². The van der Waals surface area contributed by atoms with Crippen molar-refractivity contribution >= 4 is 17.5 Å². The molecule has 1 aliphatic heterocycles. The summed E-state index contributed by atoms with van der Waals surface area (Å²) in [5.74, 6) is 1.20. The summed E-state index contributed by atoms with van der Waals surface area (Å²) in [7, 11) is 0. The first-order valence-electron chi connectivity index (χ1n) is 8.56. The number of nitrogens with one attached hydrogen (secondary N) is 1. The van der Waals surface area contributed by atoms with Gasteiger partial charge in [-0.25, -0.2) is 0 Å². The number of aryl methyl sites for hydroxylation is 2. The van der Waals surface area contributed by atoms with E-state index in [4.69, 9.17) is 16.3 Å². The third-order valence-corrected chi connectivity index (χ3v) is 6.39. The first kappa shape index (κ1) is 16.6. The molecule has 126 valence electrons. The highest BCUT2D eigenvalue weighted by Crippen LogP contribution is 2.50. The van der Waals surface area contributed by atoms with Crippen molar-refractivity contribution in [3.8, 4) is 5.75 Å². The van der Waals surface area contributed by atoms with Crippen molar-refractivity contribution in [2.24, 2.45) is 5.92 Å². The molecule has 1 aromatic carbocycles. The van der Waals surface area contributed by atoms with Crippen LogP contribution in [0.1, 0.15) is 50.7 Å². The summed E-state index contributed by atoms with van der Waals surface area (Å²) in [6.07, 6.45) is 3.36. The van der Waals surface area contributed by atoms with Gasteiger partial charge in [-0.15, -0.1) is 11.6 Å². The van der Waals surface area contributed by atoms with Crippen LogP contribution in [0.2, 0.25) is 0 Å². The number of benzene rings is 1. The van der Waals surface area contributed by atoms with Crippen molar-refractivity contribution in [1.29, 1.82) is 0 Å². The molecule has 1 N–H and O–H groups in total. The molecule has 23 heavy (non-hydrogen) atoms. The number of hydrogen-bond acceptors (Lipinski definition) is 2. The predicted octanol–water partition coefficient (Wildman–Crippen LogP) is 4.13. The molecule has 3 rings (SSSR count). The molecule has 1 amide bonds. The lowest BCUT2D eigenvalue weighted by Crippen LogP contribution is -2.84. The van der Waals surface area contributed by atoms with E-state index in [0.29, 0.717) is 12.3 Å². The minimum absolute atomic E-state index is 0.0141. The molecule has 4 unspecified atom stereocenters. The van der Waals surface area contributed by atoms with Gasteiger partial charge in [0.05, 0.1) is 5.54 Å². The van der Waals surface area contributed by atoms with Crippen LogP contribution in [0.15, 0.2) is 18.2 Å². The maximum Gasteiger partial charge on any atom is 0.267 e. The first-order chi connectivity index (χ1) is 10.8. The molecule has 0 bridgehead atoms. The number of rotatable bonds is 3. The fourth-order valence-corrected chi connectivity index (χ4v) is 4.52. The highest BCUT2D eigenvalue weighted by atomic mass is 35.5. The summed E-state index contributed by atoms with van der Waals surface area (Å²) in [5, 5.41) is 3.37. The molecular weight excluding hydrogens is 310 g/mol. The van der Waals surface area contributed by atoms with Crippen molar-refractivity contribution in [3.63, 3.8) is 0 Å². The molecule has 1 spiro atoms. The molecule has 0 aromatic heterocycles. The molecule has 1 aromatic rings. The van der Waals surface area contributed by atoms with Gasteiger partial charge in [-0.05, 0) is 57.1 Å². The van der Waals surface area contributed by atoms with Gasteiger partial charge in [-0.3, -0.25) is 4.79 Å². The summed E-state index contributed by atoms with van der Waals surface area (Å²) >= 11 is 6.40. The van der Waals surface area contributed by atoms with Gasteiger partial charge < -0.3 is 10.1 Å². The van der Waals surface area contributed by atoms with Gasteiger partial charge in [0.25, 0.3) is 5.91 Å². The van der Waals surface area contributed by atoms with Gasteiger partial charge in [-0.2, -0.15) is 0 Å². The number of halogens is 1. The van der Waals surface area contributed by atoms with E-state index in [-0.39, 0.29) is 16.8 Å². The van der Waals surface area contributed by atoms with E-state index >= 15 is 0 Å². The Morgan fingerprint density at radius 1 is 1.39 bits per heavy atom. The number of amides is 1. The Morgan fingerprint density at radius 3 is 2.70 bits per heavy atom. The number of hydrogen-bond donors (Lipinski definition) is 1. The zero-order valence-electron chi connectivity index (χ0n) is 14.4. The minimum atomic E-state index is -0.766. The van der Waals surface area contributed by atoms with E-state index in [1.807, 2.05) is 26.0 Å². The van der Waals surface area contributed by atoms with Gasteiger partial charge in [0.1, 0.15) is 5.75 Å². The maximum absolute atomic E-state index is 12.6. The average molecular weight is 336 g/mol. The molecule has 1 saturated carbocycles. The second kappa shape index (κ2) is 5.70. The standard InChI is InChI=1S/C19H26ClNO2/c1-5-19(23-16-7-6-12(2)10-13(16)3)17(22)21-18(19)9-8-15(20)14(4)11-18/h6-7,10,14-15H,5,8-9,11H2,1-4H3,(H,21,22). The zero-order valence-corrected chi connectivity index (χ0v) is 15.2. The molecule has 1 saturated heterocycles. The molecular formula is C19H26ClNO2. The Labute approximate surface area is 143 Å². The largest absolute Gasteiger partial charge is 0.475 e. The average Bonchev–Trinajstić information content (AvgIpc) is 2.50. The molecule has 0 radical (unpaired) electrons. The maximum atomic E-state index is 12.6. The Bertz CT molecular complexity index is 632. The molecule has 2 fully saturated rings. The van der Waals surface area contributed by atoms with Crippen LogP contribution in [0.5, 0.6) is 5.75 Å². The third kappa shape index (κ3) is 2.44. The summed E-state index contributed by atoms with van der Waals surface area (Å²) < 4.78 is 6.41. The summed E-state index contributed by atoms with van der Waals surface area (Å²) in [6.45, 7) is 8.31. The Kier molecular flexibility index (Phi) is 4.12. The third-order valence-electron chi connectivity index (χ3n) is 5.74. The SMILES string of the molecule is CCC1(Oc2ccc(C)cc2C)C(=O)NC12CCC(Cl)C(C)C2. The van der Waals surface area contributed by atoms with E-state index in [0.717, 1.165) is 30.6 Å². The van der Waals surface area contributed by atoms with Crippen LogP contribution in [-0.4, -0.2) is 22.4 Å². The van der Waals surface area contributed by atoms with E-state index in [2.05, 4.69) is 25.2 Å². The molecule has 3 nitrogen and oxygen atoms in total. The molecule has 4 atom stereocenters. The number of carbonyl (C=O) groups excluding carboxylic acids is 1. The van der Waals surface area contributed by atoms with Gasteiger partial charge in [0.15, 0.2) is 0 Å². The number of β-lactam (4-membered cyclic amide) rings is 1. The summed E-state index contributed by atoms with van der Waals surface area (Å²) in [6, 6.07) is 6.12. The number of alkyl halides is 1. The first-order valence-corrected chi connectivity index (χ1v) is 9.00. The molecule has 1 aliphatic carbocycles. The smallest absolute Gasteiger partial charge is 0.267 e. The molecule has 2 aliphatic rings. The monoisotopic (exact) mass is 335 g/mol. The van der Waals surface area contributed by atoms with Crippen molar-refractivity contribution in [2.75, 3.05) is 0 Å². The van der Waals surface area contributed by atoms with Crippen molar-refractivity contribution in [2.45, 2.75) is 69.9 Å². The highest BCUT2D eigenvalue weighted by molar-refractivity contribution is 6.20. The van der Waals surface area contributed by atoms with Gasteiger partial charge >= 0.3 is 0 Å². The highest BCUT2D eigenvalue weighted by Gasteiger charge is 2.68. The van der Waals surface area contributed by atoms with E-state index < -0.39 is 5.60 Å². The van der Waals surface area contributed by atoms with Crippen LogP contribution in [0.3, 0.4) is 0 Å². The fourth-order valence-electron chi connectivity index (χ4n) is 4.32. The van der Waals surface area contributed by atoms with Gasteiger partial charge in [-0.1, -0.05) is 31.5 Å². The Balaban J connectivity index is 1.93. The van der Waals surface area contributed by atoms with Crippen LogP contribution in [0, 0.1) is 19.8 Å². The minimum Gasteiger partial charge on any atom is -0.475 e.